The summed E-state index contributed by atoms with van der Waals surface area (Å²) in [5.41, 5.74) is 1.18. The summed E-state index contributed by atoms with van der Waals surface area (Å²) in [6.07, 6.45) is 1.15. The number of carbonyl (C=O) groups is 1. The van der Waals surface area contributed by atoms with Crippen molar-refractivity contribution >= 4 is 17.7 Å². The second-order valence-corrected chi connectivity index (χ2v) is 7.50. The highest BCUT2D eigenvalue weighted by Gasteiger charge is 2.21. The predicted octanol–water partition coefficient (Wildman–Crippen LogP) is 2.60. The minimum atomic E-state index is 0.117. The third-order valence-corrected chi connectivity index (χ3v) is 5.22. The van der Waals surface area contributed by atoms with Crippen LogP contribution in [0.25, 0.3) is 0 Å². The Morgan fingerprint density at radius 3 is 2.63 bits per heavy atom. The van der Waals surface area contributed by atoms with Gasteiger partial charge in [0.1, 0.15) is 5.75 Å². The van der Waals surface area contributed by atoms with Crippen molar-refractivity contribution in [2.24, 2.45) is 0 Å². The van der Waals surface area contributed by atoms with E-state index < -0.39 is 0 Å². The van der Waals surface area contributed by atoms with Crippen LogP contribution >= 0.6 is 11.8 Å². The number of benzene rings is 1. The van der Waals surface area contributed by atoms with Crippen LogP contribution in [-0.2, 0) is 11.4 Å². The molecule has 1 aliphatic rings. The van der Waals surface area contributed by atoms with Crippen LogP contribution in [0.3, 0.4) is 0 Å². The van der Waals surface area contributed by atoms with Gasteiger partial charge in [-0.25, -0.2) is 0 Å². The fourth-order valence-corrected chi connectivity index (χ4v) is 3.57. The first-order valence-electron chi connectivity index (χ1n) is 9.29. The molecule has 8 heteroatoms. The number of thioether (sulfide) groups is 1. The first kappa shape index (κ1) is 19.7. The monoisotopic (exact) mass is 390 g/mol. The Morgan fingerprint density at radius 2 is 1.93 bits per heavy atom. The highest BCUT2D eigenvalue weighted by Crippen LogP contribution is 2.19. The van der Waals surface area contributed by atoms with E-state index in [0.29, 0.717) is 16.9 Å². The molecule has 0 N–H and O–H groups in total. The Morgan fingerprint density at radius 1 is 1.19 bits per heavy atom. The van der Waals surface area contributed by atoms with Crippen molar-refractivity contribution in [3.05, 3.63) is 35.7 Å². The molecule has 0 bridgehead atoms. The zero-order chi connectivity index (χ0) is 19.1. The van der Waals surface area contributed by atoms with E-state index in [4.69, 9.17) is 9.15 Å². The van der Waals surface area contributed by atoms with Gasteiger partial charge in [0.25, 0.3) is 11.1 Å². The van der Waals surface area contributed by atoms with Crippen molar-refractivity contribution < 1.29 is 13.9 Å². The van der Waals surface area contributed by atoms with E-state index >= 15 is 0 Å². The molecule has 0 radical (unpaired) electrons. The molecule has 1 aromatic carbocycles. The van der Waals surface area contributed by atoms with Gasteiger partial charge in [0.15, 0.2) is 6.61 Å². The molecule has 1 saturated heterocycles. The number of carbonyl (C=O) groups excluding carboxylic acids is 1. The van der Waals surface area contributed by atoms with Crippen molar-refractivity contribution in [3.8, 4) is 5.75 Å². The zero-order valence-corrected chi connectivity index (χ0v) is 16.7. The second kappa shape index (κ2) is 9.75. The van der Waals surface area contributed by atoms with Gasteiger partial charge in [0, 0.05) is 26.2 Å². The highest BCUT2D eigenvalue weighted by molar-refractivity contribution is 7.99. The van der Waals surface area contributed by atoms with Crippen molar-refractivity contribution in [1.82, 2.24) is 20.0 Å². The van der Waals surface area contributed by atoms with E-state index in [0.717, 1.165) is 44.9 Å². The Kier molecular flexibility index (Phi) is 7.11. The van der Waals surface area contributed by atoms with Crippen LogP contribution in [0, 0.1) is 6.92 Å². The van der Waals surface area contributed by atoms with E-state index in [1.54, 1.807) is 0 Å². The van der Waals surface area contributed by atoms with Gasteiger partial charge in [-0.3, -0.25) is 9.69 Å². The molecule has 0 atom stereocenters. The summed E-state index contributed by atoms with van der Waals surface area (Å²) in [5.74, 6) is 1.59. The van der Waals surface area contributed by atoms with E-state index in [1.807, 2.05) is 36.1 Å². The lowest BCUT2D eigenvalue weighted by Crippen LogP contribution is -2.49. The Labute approximate surface area is 164 Å². The van der Waals surface area contributed by atoms with Crippen LogP contribution in [0.15, 0.2) is 33.9 Å². The molecular formula is C19H26N4O3S. The third kappa shape index (κ3) is 5.97. The van der Waals surface area contributed by atoms with Gasteiger partial charge >= 0.3 is 0 Å². The number of rotatable bonds is 8. The van der Waals surface area contributed by atoms with Gasteiger partial charge in [-0.05, 0) is 32.0 Å². The number of hydrogen-bond donors (Lipinski definition) is 0. The molecule has 0 spiro atoms. The lowest BCUT2D eigenvalue weighted by molar-refractivity contribution is -0.130. The molecule has 146 valence electrons. The van der Waals surface area contributed by atoms with E-state index in [1.165, 1.54) is 17.3 Å². The molecule has 0 saturated carbocycles. The number of aryl methyl sites for hydroxylation is 1. The number of ether oxygens (including phenoxy) is 1. The summed E-state index contributed by atoms with van der Waals surface area (Å²) in [6, 6.07) is 7.77. The van der Waals surface area contributed by atoms with Gasteiger partial charge in [-0.2, -0.15) is 0 Å². The molecule has 2 heterocycles. The van der Waals surface area contributed by atoms with E-state index in [-0.39, 0.29) is 12.5 Å². The third-order valence-electron chi connectivity index (χ3n) is 4.42. The number of amides is 1. The molecule has 0 unspecified atom stereocenters. The fraction of sp³-hybridized carbons (Fsp3) is 0.526. The maximum absolute atomic E-state index is 12.4. The Hall–Kier alpha value is -2.06. The number of nitrogens with zero attached hydrogens (tertiary/aromatic N) is 4. The van der Waals surface area contributed by atoms with Gasteiger partial charge in [0.2, 0.25) is 5.91 Å². The van der Waals surface area contributed by atoms with Crippen LogP contribution in [0.4, 0.5) is 0 Å². The lowest BCUT2D eigenvalue weighted by Gasteiger charge is -2.34. The van der Waals surface area contributed by atoms with Crippen molar-refractivity contribution in [2.75, 3.05) is 38.5 Å². The summed E-state index contributed by atoms with van der Waals surface area (Å²) in [4.78, 5) is 16.7. The summed E-state index contributed by atoms with van der Waals surface area (Å²) in [5, 5.41) is 8.36. The molecule has 27 heavy (non-hydrogen) atoms. The summed E-state index contributed by atoms with van der Waals surface area (Å²) in [6.45, 7) is 9.00. The summed E-state index contributed by atoms with van der Waals surface area (Å²) < 4.78 is 11.2. The predicted molar refractivity (Wildman–Crippen MR) is 104 cm³/mol. The van der Waals surface area contributed by atoms with Gasteiger partial charge in [-0.1, -0.05) is 36.4 Å². The van der Waals surface area contributed by atoms with E-state index in [2.05, 4.69) is 22.0 Å². The van der Waals surface area contributed by atoms with E-state index in [9.17, 15) is 4.79 Å². The lowest BCUT2D eigenvalue weighted by atomic mass is 10.2. The van der Waals surface area contributed by atoms with Crippen LogP contribution < -0.4 is 4.74 Å². The topological polar surface area (TPSA) is 71.7 Å². The maximum Gasteiger partial charge on any atom is 0.277 e. The molecule has 7 nitrogen and oxygen atoms in total. The van der Waals surface area contributed by atoms with Gasteiger partial charge in [0.05, 0.1) is 5.75 Å². The Bertz CT molecular complexity index is 727. The largest absolute Gasteiger partial charge is 0.484 e. The molecule has 0 aliphatic carbocycles. The fourth-order valence-electron chi connectivity index (χ4n) is 2.89. The minimum absolute atomic E-state index is 0.117. The van der Waals surface area contributed by atoms with Crippen LogP contribution in [0.5, 0.6) is 5.75 Å². The molecule has 1 aliphatic heterocycles. The van der Waals surface area contributed by atoms with Crippen LogP contribution in [0.1, 0.15) is 24.8 Å². The van der Waals surface area contributed by atoms with Crippen molar-refractivity contribution in [3.63, 3.8) is 0 Å². The number of aromatic nitrogens is 2. The minimum Gasteiger partial charge on any atom is -0.484 e. The van der Waals surface area contributed by atoms with Crippen LogP contribution in [0.2, 0.25) is 0 Å². The molecule has 1 aromatic heterocycles. The number of hydrogen-bond acceptors (Lipinski definition) is 7. The summed E-state index contributed by atoms with van der Waals surface area (Å²) >= 11 is 1.28. The average Bonchev–Trinajstić information content (AvgIpc) is 3.14. The highest BCUT2D eigenvalue weighted by atomic mass is 32.2. The maximum atomic E-state index is 12.4. The first-order valence-corrected chi connectivity index (χ1v) is 10.3. The van der Waals surface area contributed by atoms with Crippen molar-refractivity contribution in [1.29, 1.82) is 0 Å². The van der Waals surface area contributed by atoms with Gasteiger partial charge < -0.3 is 14.1 Å². The molecule has 3 rings (SSSR count). The standard InChI is InChI=1S/C19H26N4O3S/c1-3-8-22-9-11-23(12-10-22)18(24)14-27-19-21-20-17(26-19)13-25-16-6-4-15(2)5-7-16/h4-7H,3,8-14H2,1-2H3. The quantitative estimate of drug-likeness (QED) is 0.642. The van der Waals surface area contributed by atoms with Crippen LogP contribution in [-0.4, -0.2) is 64.4 Å². The smallest absolute Gasteiger partial charge is 0.277 e. The Balaban J connectivity index is 1.40. The normalized spacial score (nSPS) is 15.1. The molecule has 1 fully saturated rings. The zero-order valence-electron chi connectivity index (χ0n) is 15.9. The molecule has 1 amide bonds. The SMILES string of the molecule is CCCN1CCN(C(=O)CSc2nnc(COc3ccc(C)cc3)o2)CC1. The molecular weight excluding hydrogens is 364 g/mol. The molecule has 2 aromatic rings. The average molecular weight is 391 g/mol. The summed E-state index contributed by atoms with van der Waals surface area (Å²) in [7, 11) is 0. The first-order chi connectivity index (χ1) is 13.1. The second-order valence-electron chi connectivity index (χ2n) is 6.57. The van der Waals surface area contributed by atoms with Gasteiger partial charge in [-0.15, -0.1) is 10.2 Å². The van der Waals surface area contributed by atoms with Crippen molar-refractivity contribution in [2.45, 2.75) is 32.1 Å². The number of piperazine rings is 1.